The minimum absolute atomic E-state index is 0.0999. The van der Waals surface area contributed by atoms with Crippen LogP contribution in [0.15, 0.2) is 24.3 Å². The zero-order chi connectivity index (χ0) is 22.5. The molecule has 7 nitrogen and oxygen atoms in total. The van der Waals surface area contributed by atoms with E-state index in [9.17, 15) is 32.3 Å². The number of fused-ring (bicyclic) bond motifs is 5. The second kappa shape index (κ2) is 7.65. The molecular weight excluding hydrogens is 417 g/mol. The number of halogens is 3. The second-order valence-corrected chi connectivity index (χ2v) is 8.34. The Morgan fingerprint density at radius 3 is 2.35 bits per heavy atom. The van der Waals surface area contributed by atoms with E-state index in [0.29, 0.717) is 0 Å². The molecule has 10 heteroatoms. The molecule has 1 N–H and O–H groups in total. The number of alkyl halides is 3. The average molecular weight is 438 g/mol. The number of hydrogen-bond acceptors (Lipinski definition) is 5. The number of benzene rings is 1. The molecule has 2 saturated carbocycles. The zero-order valence-electron chi connectivity index (χ0n) is 16.6. The lowest BCUT2D eigenvalue weighted by Gasteiger charge is -2.23. The van der Waals surface area contributed by atoms with Gasteiger partial charge >= 0.3 is 12.1 Å². The van der Waals surface area contributed by atoms with E-state index in [0.717, 1.165) is 42.4 Å². The van der Waals surface area contributed by atoms with Crippen molar-refractivity contribution in [2.75, 3.05) is 11.9 Å². The van der Waals surface area contributed by atoms with Crippen molar-refractivity contribution < 1.29 is 37.1 Å². The predicted molar refractivity (Wildman–Crippen MR) is 100 cm³/mol. The van der Waals surface area contributed by atoms with Crippen LogP contribution in [0.1, 0.15) is 31.7 Å². The van der Waals surface area contributed by atoms with Gasteiger partial charge in [0.15, 0.2) is 6.61 Å². The van der Waals surface area contributed by atoms with Gasteiger partial charge in [0.1, 0.15) is 6.04 Å². The molecule has 166 valence electrons. The fourth-order valence-corrected chi connectivity index (χ4v) is 5.15. The summed E-state index contributed by atoms with van der Waals surface area (Å²) in [4.78, 5) is 50.8. The molecular formula is C21H21F3N2O5. The van der Waals surface area contributed by atoms with Crippen molar-refractivity contribution in [3.05, 3.63) is 29.8 Å². The molecule has 0 spiro atoms. The zero-order valence-corrected chi connectivity index (χ0v) is 16.6. The summed E-state index contributed by atoms with van der Waals surface area (Å²) in [6, 6.07) is 2.86. The Morgan fingerprint density at radius 2 is 1.77 bits per heavy atom. The monoisotopic (exact) mass is 438 g/mol. The molecule has 2 aliphatic carbocycles. The third kappa shape index (κ3) is 3.79. The summed E-state index contributed by atoms with van der Waals surface area (Å²) >= 11 is 0. The van der Waals surface area contributed by atoms with Gasteiger partial charge in [-0.3, -0.25) is 19.3 Å². The Balaban J connectivity index is 1.33. The number of nitrogens with one attached hydrogen (secondary N) is 1. The summed E-state index contributed by atoms with van der Waals surface area (Å²) in [6.45, 7) is 0.611. The van der Waals surface area contributed by atoms with Crippen molar-refractivity contribution in [1.82, 2.24) is 4.90 Å². The van der Waals surface area contributed by atoms with Crippen molar-refractivity contribution in [2.24, 2.45) is 23.7 Å². The Bertz CT molecular complexity index is 919. The Labute approximate surface area is 175 Å². The van der Waals surface area contributed by atoms with E-state index >= 15 is 0 Å². The molecule has 2 bridgehead atoms. The summed E-state index contributed by atoms with van der Waals surface area (Å²) in [5, 5.41) is 2.22. The maximum Gasteiger partial charge on any atom is 0.416 e. The molecule has 1 aromatic carbocycles. The minimum atomic E-state index is -4.56. The van der Waals surface area contributed by atoms with Crippen LogP contribution in [0.5, 0.6) is 0 Å². The first-order valence-corrected chi connectivity index (χ1v) is 10.1. The maximum absolute atomic E-state index is 12.8. The van der Waals surface area contributed by atoms with Crippen LogP contribution in [0, 0.1) is 23.7 Å². The molecule has 3 fully saturated rings. The number of hydrogen-bond donors (Lipinski definition) is 1. The molecule has 5 atom stereocenters. The number of amides is 3. The standard InChI is InChI=1S/C21H21F3N2O5/c1-10(26-18(28)16-11-5-6-12(7-11)17(16)19(26)29)20(30)31-9-15(27)25-14-4-2-3-13(8-14)21(22,23)24/h2-4,8,10-12,16-17H,5-7,9H2,1H3,(H,25,27)/t10-,11+,12+,16-,17+/m1/s1. The van der Waals surface area contributed by atoms with Gasteiger partial charge in [0.25, 0.3) is 5.91 Å². The molecule has 31 heavy (non-hydrogen) atoms. The molecule has 3 amide bonds. The average Bonchev–Trinajstić information content (AvgIpc) is 3.39. The Kier molecular flexibility index (Phi) is 5.26. The van der Waals surface area contributed by atoms with Crippen molar-refractivity contribution in [1.29, 1.82) is 0 Å². The minimum Gasteiger partial charge on any atom is -0.454 e. The number of nitrogens with zero attached hydrogens (tertiary/aromatic N) is 1. The molecule has 1 saturated heterocycles. The van der Waals surface area contributed by atoms with E-state index in [-0.39, 0.29) is 41.2 Å². The number of carbonyl (C=O) groups is 4. The van der Waals surface area contributed by atoms with Gasteiger partial charge in [-0.05, 0) is 56.2 Å². The normalized spacial score (nSPS) is 27.9. The van der Waals surface area contributed by atoms with Gasteiger partial charge in [-0.2, -0.15) is 13.2 Å². The molecule has 0 radical (unpaired) electrons. The van der Waals surface area contributed by atoms with Crippen LogP contribution in [0.2, 0.25) is 0 Å². The lowest BCUT2D eigenvalue weighted by molar-refractivity contribution is -0.159. The van der Waals surface area contributed by atoms with Crippen LogP contribution in [-0.2, 0) is 30.1 Å². The number of carbonyl (C=O) groups excluding carboxylic acids is 4. The molecule has 0 unspecified atom stereocenters. The first-order chi connectivity index (χ1) is 14.6. The molecule has 0 aromatic heterocycles. The summed E-state index contributed by atoms with van der Waals surface area (Å²) < 4.78 is 43.2. The first-order valence-electron chi connectivity index (χ1n) is 10.1. The van der Waals surface area contributed by atoms with Gasteiger partial charge < -0.3 is 10.1 Å². The van der Waals surface area contributed by atoms with Crippen LogP contribution in [-0.4, -0.2) is 41.2 Å². The first kappa shape index (κ1) is 21.3. The Hall–Kier alpha value is -2.91. The fourth-order valence-electron chi connectivity index (χ4n) is 5.15. The molecule has 1 heterocycles. The van der Waals surface area contributed by atoms with Crippen molar-refractivity contribution >= 4 is 29.4 Å². The number of ether oxygens (including phenoxy) is 1. The highest BCUT2D eigenvalue weighted by molar-refractivity contribution is 6.08. The van der Waals surface area contributed by atoms with Gasteiger partial charge in [0, 0.05) is 5.69 Å². The van der Waals surface area contributed by atoms with E-state index in [2.05, 4.69) is 5.32 Å². The summed E-state index contributed by atoms with van der Waals surface area (Å²) in [7, 11) is 0. The van der Waals surface area contributed by atoms with Gasteiger partial charge in [0.05, 0.1) is 17.4 Å². The summed E-state index contributed by atoms with van der Waals surface area (Å²) in [6.07, 6.45) is -1.87. The second-order valence-electron chi connectivity index (χ2n) is 8.34. The van der Waals surface area contributed by atoms with Gasteiger partial charge in [-0.15, -0.1) is 0 Å². The number of rotatable bonds is 5. The third-order valence-corrected chi connectivity index (χ3v) is 6.51. The van der Waals surface area contributed by atoms with Crippen LogP contribution >= 0.6 is 0 Å². The summed E-state index contributed by atoms with van der Waals surface area (Å²) in [5.74, 6) is -2.87. The summed E-state index contributed by atoms with van der Waals surface area (Å²) in [5.41, 5.74) is -1.03. The van der Waals surface area contributed by atoms with Gasteiger partial charge in [0.2, 0.25) is 11.8 Å². The van der Waals surface area contributed by atoms with Gasteiger partial charge in [-0.1, -0.05) is 6.07 Å². The molecule has 4 rings (SSSR count). The molecule has 3 aliphatic rings. The highest BCUT2D eigenvalue weighted by Crippen LogP contribution is 2.56. The van der Waals surface area contributed by atoms with Crippen LogP contribution in [0.25, 0.3) is 0 Å². The van der Waals surface area contributed by atoms with Crippen molar-refractivity contribution in [3.63, 3.8) is 0 Å². The Morgan fingerprint density at radius 1 is 1.16 bits per heavy atom. The lowest BCUT2D eigenvalue weighted by atomic mass is 9.81. The fraction of sp³-hybridized carbons (Fsp3) is 0.524. The molecule has 1 aliphatic heterocycles. The van der Waals surface area contributed by atoms with Crippen molar-refractivity contribution in [3.8, 4) is 0 Å². The third-order valence-electron chi connectivity index (χ3n) is 6.51. The van der Waals surface area contributed by atoms with E-state index in [1.165, 1.54) is 13.0 Å². The van der Waals surface area contributed by atoms with E-state index in [1.807, 2.05) is 0 Å². The van der Waals surface area contributed by atoms with Crippen LogP contribution in [0.4, 0.5) is 18.9 Å². The smallest absolute Gasteiger partial charge is 0.416 e. The van der Waals surface area contributed by atoms with Crippen molar-refractivity contribution in [2.45, 2.75) is 38.4 Å². The number of imide groups is 1. The lowest BCUT2D eigenvalue weighted by Crippen LogP contribution is -2.45. The number of esters is 1. The van der Waals surface area contributed by atoms with E-state index in [1.54, 1.807) is 0 Å². The largest absolute Gasteiger partial charge is 0.454 e. The highest BCUT2D eigenvalue weighted by atomic mass is 19.4. The quantitative estimate of drug-likeness (QED) is 0.564. The topological polar surface area (TPSA) is 92.8 Å². The van der Waals surface area contributed by atoms with E-state index in [4.69, 9.17) is 4.74 Å². The molecule has 1 aromatic rings. The maximum atomic E-state index is 12.8. The van der Waals surface area contributed by atoms with Gasteiger partial charge in [-0.25, -0.2) is 4.79 Å². The predicted octanol–water partition coefficient (Wildman–Crippen LogP) is 2.61. The van der Waals surface area contributed by atoms with Crippen LogP contribution < -0.4 is 5.32 Å². The van der Waals surface area contributed by atoms with E-state index < -0.39 is 36.3 Å². The number of anilines is 1. The van der Waals surface area contributed by atoms with Crippen LogP contribution in [0.3, 0.4) is 0 Å². The number of likely N-dealkylation sites (tertiary alicyclic amines) is 1. The SMILES string of the molecule is C[C@H](C(=O)OCC(=O)Nc1cccc(C(F)(F)F)c1)N1C(=O)[C@@H]2[C@H]3CC[C@@H](C3)[C@@H]2C1=O. The highest BCUT2D eigenvalue weighted by Gasteiger charge is 2.62.